The van der Waals surface area contributed by atoms with Crippen LogP contribution in [0.3, 0.4) is 0 Å². The molecule has 1 N–H and O–H groups in total. The predicted octanol–water partition coefficient (Wildman–Crippen LogP) is 3.22. The zero-order chi connectivity index (χ0) is 21.9. The van der Waals surface area contributed by atoms with Crippen LogP contribution < -0.4 is 10.2 Å². The van der Waals surface area contributed by atoms with E-state index in [1.54, 1.807) is 23.9 Å². The molecule has 0 radical (unpaired) electrons. The second-order valence-corrected chi connectivity index (χ2v) is 7.20. The van der Waals surface area contributed by atoms with E-state index in [9.17, 15) is 18.0 Å². The Hall–Kier alpha value is -2.81. The molecule has 0 bridgehead atoms. The van der Waals surface area contributed by atoms with E-state index in [4.69, 9.17) is 4.74 Å². The molecule has 30 heavy (non-hydrogen) atoms. The number of hydrogen-bond acceptors (Lipinski definition) is 4. The van der Waals surface area contributed by atoms with Crippen molar-refractivity contribution in [2.45, 2.75) is 26.6 Å². The van der Waals surface area contributed by atoms with Crippen molar-refractivity contribution in [3.63, 3.8) is 0 Å². The molecular formula is C21H25F3N4O2. The van der Waals surface area contributed by atoms with Crippen molar-refractivity contribution in [2.75, 3.05) is 31.2 Å². The van der Waals surface area contributed by atoms with Gasteiger partial charge in [-0.3, -0.25) is 9.48 Å². The monoisotopic (exact) mass is 422 g/mol. The summed E-state index contributed by atoms with van der Waals surface area (Å²) in [5.74, 6) is -0.469. The summed E-state index contributed by atoms with van der Waals surface area (Å²) in [7, 11) is 1.80. The number of anilines is 1. The van der Waals surface area contributed by atoms with Gasteiger partial charge in [0, 0.05) is 49.7 Å². The molecule has 2 heterocycles. The number of halogens is 3. The molecule has 0 unspecified atom stereocenters. The van der Waals surface area contributed by atoms with Crippen molar-refractivity contribution in [2.24, 2.45) is 7.05 Å². The van der Waals surface area contributed by atoms with Crippen LogP contribution in [-0.2, 0) is 29.3 Å². The van der Waals surface area contributed by atoms with Crippen molar-refractivity contribution in [1.82, 2.24) is 15.1 Å². The van der Waals surface area contributed by atoms with Crippen LogP contribution in [0.5, 0.6) is 0 Å². The predicted molar refractivity (Wildman–Crippen MR) is 108 cm³/mol. The van der Waals surface area contributed by atoms with E-state index in [0.29, 0.717) is 32.0 Å². The number of amides is 1. The lowest BCUT2D eigenvalue weighted by atomic mass is 10.0. The number of alkyl halides is 3. The molecule has 0 spiro atoms. The van der Waals surface area contributed by atoms with Gasteiger partial charge in [0.25, 0.3) is 0 Å². The highest BCUT2D eigenvalue weighted by molar-refractivity contribution is 5.92. The van der Waals surface area contributed by atoms with Crippen LogP contribution in [0, 0.1) is 13.8 Å². The Morgan fingerprint density at radius 3 is 2.57 bits per heavy atom. The Labute approximate surface area is 173 Å². The maximum Gasteiger partial charge on any atom is 0.416 e. The SMILES string of the molecule is Cc1nn(C)c(C)c1/C=C/C(=O)NCc1ccc(N2CCOCC2)cc1C(F)(F)F. The second-order valence-electron chi connectivity index (χ2n) is 7.20. The number of nitrogens with zero attached hydrogens (tertiary/aromatic N) is 3. The quantitative estimate of drug-likeness (QED) is 0.752. The lowest BCUT2D eigenvalue weighted by Crippen LogP contribution is -2.36. The molecule has 0 saturated carbocycles. The molecule has 9 heteroatoms. The van der Waals surface area contributed by atoms with Crippen LogP contribution in [0.15, 0.2) is 24.3 Å². The summed E-state index contributed by atoms with van der Waals surface area (Å²) in [5.41, 5.74) is 2.28. The maximum absolute atomic E-state index is 13.6. The summed E-state index contributed by atoms with van der Waals surface area (Å²) in [6.07, 6.45) is -1.58. The standard InChI is InChI=1S/C21H25F3N4O2/c1-14-18(15(2)27(3)26-14)6-7-20(29)25-13-16-4-5-17(12-19(16)21(22,23)24)28-8-10-30-11-9-28/h4-7,12H,8-11,13H2,1-3H3,(H,25,29)/b7-6+. The van der Waals surface area contributed by atoms with Crippen LogP contribution in [0.2, 0.25) is 0 Å². The molecule has 1 fully saturated rings. The highest BCUT2D eigenvalue weighted by Crippen LogP contribution is 2.35. The number of carbonyl (C=O) groups excluding carboxylic acids is 1. The topological polar surface area (TPSA) is 59.4 Å². The van der Waals surface area contributed by atoms with Crippen molar-refractivity contribution in [3.8, 4) is 0 Å². The first-order valence-corrected chi connectivity index (χ1v) is 9.65. The zero-order valence-electron chi connectivity index (χ0n) is 17.2. The Bertz CT molecular complexity index is 944. The molecule has 1 amide bonds. The molecule has 3 rings (SSSR count). The summed E-state index contributed by atoms with van der Waals surface area (Å²) >= 11 is 0. The smallest absolute Gasteiger partial charge is 0.378 e. The van der Waals surface area contributed by atoms with E-state index in [1.807, 2.05) is 18.7 Å². The van der Waals surface area contributed by atoms with Crippen LogP contribution in [0.4, 0.5) is 18.9 Å². The van der Waals surface area contributed by atoms with Gasteiger partial charge in [-0.05, 0) is 37.6 Å². The highest BCUT2D eigenvalue weighted by atomic mass is 19.4. The summed E-state index contributed by atoms with van der Waals surface area (Å²) in [6, 6.07) is 4.22. The van der Waals surface area contributed by atoms with E-state index in [-0.39, 0.29) is 12.1 Å². The van der Waals surface area contributed by atoms with Gasteiger partial charge in [0.15, 0.2) is 0 Å². The van der Waals surface area contributed by atoms with Gasteiger partial charge < -0.3 is 15.0 Å². The van der Waals surface area contributed by atoms with Crippen LogP contribution in [-0.4, -0.2) is 42.0 Å². The number of aryl methyl sites for hydroxylation is 2. The molecule has 1 aliphatic rings. The van der Waals surface area contributed by atoms with E-state index in [0.717, 1.165) is 23.0 Å². The lowest BCUT2D eigenvalue weighted by molar-refractivity contribution is -0.138. The van der Waals surface area contributed by atoms with Gasteiger partial charge in [-0.15, -0.1) is 0 Å². The molecule has 0 atom stereocenters. The number of nitrogens with one attached hydrogen (secondary N) is 1. The maximum atomic E-state index is 13.6. The van der Waals surface area contributed by atoms with Gasteiger partial charge >= 0.3 is 6.18 Å². The number of carbonyl (C=O) groups is 1. The first kappa shape index (κ1) is 21.9. The fourth-order valence-electron chi connectivity index (χ4n) is 3.43. The summed E-state index contributed by atoms with van der Waals surface area (Å²) < 4.78 is 47.8. The summed E-state index contributed by atoms with van der Waals surface area (Å²) in [4.78, 5) is 14.0. The largest absolute Gasteiger partial charge is 0.416 e. The minimum atomic E-state index is -4.51. The summed E-state index contributed by atoms with van der Waals surface area (Å²) in [6.45, 7) is 5.56. The molecule has 2 aromatic rings. The van der Waals surface area contributed by atoms with E-state index in [1.165, 1.54) is 12.1 Å². The number of benzene rings is 1. The molecule has 1 aromatic carbocycles. The molecule has 1 aromatic heterocycles. The third-order valence-corrected chi connectivity index (χ3v) is 5.19. The van der Waals surface area contributed by atoms with Gasteiger partial charge in [-0.1, -0.05) is 6.07 Å². The van der Waals surface area contributed by atoms with Crippen molar-refractivity contribution < 1.29 is 22.7 Å². The lowest BCUT2D eigenvalue weighted by Gasteiger charge is -2.29. The van der Waals surface area contributed by atoms with Gasteiger partial charge in [0.1, 0.15) is 0 Å². The third-order valence-electron chi connectivity index (χ3n) is 5.19. The van der Waals surface area contributed by atoms with E-state index < -0.39 is 17.6 Å². The Morgan fingerprint density at radius 2 is 1.97 bits per heavy atom. The molecule has 6 nitrogen and oxygen atoms in total. The molecule has 1 saturated heterocycles. The zero-order valence-corrected chi connectivity index (χ0v) is 17.2. The normalized spacial score (nSPS) is 15.1. The molecular weight excluding hydrogens is 397 g/mol. The number of ether oxygens (including phenoxy) is 1. The van der Waals surface area contributed by atoms with Gasteiger partial charge in [-0.2, -0.15) is 18.3 Å². The minimum absolute atomic E-state index is 0.0231. The minimum Gasteiger partial charge on any atom is -0.378 e. The van der Waals surface area contributed by atoms with E-state index >= 15 is 0 Å². The van der Waals surface area contributed by atoms with Crippen molar-refractivity contribution >= 4 is 17.7 Å². The molecule has 162 valence electrons. The highest BCUT2D eigenvalue weighted by Gasteiger charge is 2.34. The fraction of sp³-hybridized carbons (Fsp3) is 0.429. The second kappa shape index (κ2) is 8.91. The van der Waals surface area contributed by atoms with Gasteiger partial charge in [0.05, 0.1) is 24.5 Å². The number of aromatic nitrogens is 2. The summed E-state index contributed by atoms with van der Waals surface area (Å²) in [5, 5.41) is 6.80. The van der Waals surface area contributed by atoms with E-state index in [2.05, 4.69) is 10.4 Å². The van der Waals surface area contributed by atoms with Crippen LogP contribution in [0.1, 0.15) is 28.1 Å². The van der Waals surface area contributed by atoms with Gasteiger partial charge in [0.2, 0.25) is 5.91 Å². The average molecular weight is 422 g/mol. The number of morpholine rings is 1. The van der Waals surface area contributed by atoms with Crippen molar-refractivity contribution in [1.29, 1.82) is 0 Å². The fourth-order valence-corrected chi connectivity index (χ4v) is 3.43. The van der Waals surface area contributed by atoms with Gasteiger partial charge in [-0.25, -0.2) is 0 Å². The Balaban J connectivity index is 1.72. The van der Waals surface area contributed by atoms with Crippen LogP contribution >= 0.6 is 0 Å². The van der Waals surface area contributed by atoms with Crippen LogP contribution in [0.25, 0.3) is 6.08 Å². The Kier molecular flexibility index (Phi) is 6.50. The number of hydrogen-bond donors (Lipinski definition) is 1. The first-order chi connectivity index (χ1) is 14.2. The third kappa shape index (κ3) is 5.02. The van der Waals surface area contributed by atoms with Crippen molar-refractivity contribution in [3.05, 3.63) is 52.4 Å². The first-order valence-electron chi connectivity index (χ1n) is 9.65. The molecule has 1 aliphatic heterocycles. The number of rotatable bonds is 5. The average Bonchev–Trinajstić information content (AvgIpc) is 2.96. The Morgan fingerprint density at radius 1 is 1.27 bits per heavy atom. The molecule has 0 aliphatic carbocycles.